The number of rotatable bonds is 7. The molecule has 1 aliphatic rings. The van der Waals surface area contributed by atoms with E-state index in [-0.39, 0.29) is 23.7 Å². The molecule has 1 aromatic heterocycles. The fourth-order valence-electron chi connectivity index (χ4n) is 3.66. The summed E-state index contributed by atoms with van der Waals surface area (Å²) in [4.78, 5) is 26.8. The van der Waals surface area contributed by atoms with E-state index >= 15 is 0 Å². The summed E-state index contributed by atoms with van der Waals surface area (Å²) in [5, 5.41) is 4.50. The average Bonchev–Trinajstić information content (AvgIpc) is 2.73. The summed E-state index contributed by atoms with van der Waals surface area (Å²) in [7, 11) is 3.12. The molecule has 1 fully saturated rings. The fourth-order valence-corrected chi connectivity index (χ4v) is 3.66. The van der Waals surface area contributed by atoms with Crippen LogP contribution in [0.5, 0.6) is 11.5 Å². The number of carbonyl (C=O) groups is 1. The first-order valence-electron chi connectivity index (χ1n) is 10.1. The van der Waals surface area contributed by atoms with E-state index in [1.54, 1.807) is 7.11 Å². The molecule has 1 aliphatic heterocycles. The summed E-state index contributed by atoms with van der Waals surface area (Å²) in [6, 6.07) is 8.81. The molecule has 2 heterocycles. The van der Waals surface area contributed by atoms with Crippen LogP contribution in [0.15, 0.2) is 35.1 Å². The first-order valence-corrected chi connectivity index (χ1v) is 10.1. The number of aryl methyl sites for hydroxylation is 1. The zero-order valence-electron chi connectivity index (χ0n) is 18.0. The zero-order chi connectivity index (χ0) is 21.7. The molecule has 1 aromatic carbocycles. The molecule has 0 radical (unpaired) electrons. The number of aromatic nitrogens is 2. The molecule has 1 amide bonds. The van der Waals surface area contributed by atoms with E-state index < -0.39 is 0 Å². The third kappa shape index (κ3) is 5.18. The number of morpholine rings is 1. The molecule has 162 valence electrons. The van der Waals surface area contributed by atoms with Crippen LogP contribution < -0.4 is 15.0 Å². The predicted molar refractivity (Wildman–Crippen MR) is 113 cm³/mol. The van der Waals surface area contributed by atoms with Gasteiger partial charge in [-0.15, -0.1) is 0 Å². The van der Waals surface area contributed by atoms with Crippen LogP contribution >= 0.6 is 0 Å². The largest absolute Gasteiger partial charge is 0.497 e. The van der Waals surface area contributed by atoms with Gasteiger partial charge in [-0.05, 0) is 44.5 Å². The minimum atomic E-state index is -0.259. The average molecular weight is 415 g/mol. The molecule has 30 heavy (non-hydrogen) atoms. The van der Waals surface area contributed by atoms with Gasteiger partial charge in [0, 0.05) is 37.7 Å². The first-order chi connectivity index (χ1) is 14.4. The Morgan fingerprint density at radius 1 is 1.13 bits per heavy atom. The number of nitrogens with zero attached hydrogens (tertiary/aromatic N) is 3. The van der Waals surface area contributed by atoms with Crippen molar-refractivity contribution in [2.24, 2.45) is 0 Å². The second-order valence-corrected chi connectivity index (χ2v) is 7.51. The highest BCUT2D eigenvalue weighted by atomic mass is 16.5. The molecule has 0 saturated carbocycles. The maximum absolute atomic E-state index is 12.5. The normalized spacial score (nSPS) is 18.9. The first kappa shape index (κ1) is 21.8. The van der Waals surface area contributed by atoms with Crippen LogP contribution in [0.1, 0.15) is 26.7 Å². The smallest absolute Gasteiger partial charge is 0.270 e. The zero-order valence-corrected chi connectivity index (χ0v) is 18.0. The molecule has 8 nitrogen and oxygen atoms in total. The molecule has 0 aliphatic carbocycles. The number of benzene rings is 1. The molecule has 3 rings (SSSR count). The lowest BCUT2D eigenvalue weighted by molar-refractivity contribution is -0.143. The van der Waals surface area contributed by atoms with Crippen molar-refractivity contribution in [1.29, 1.82) is 0 Å². The number of carbonyl (C=O) groups excluding carboxylic acids is 1. The van der Waals surface area contributed by atoms with Crippen LogP contribution in [-0.4, -0.2) is 60.1 Å². The van der Waals surface area contributed by atoms with E-state index in [9.17, 15) is 9.59 Å². The molecular weight excluding hydrogens is 386 g/mol. The van der Waals surface area contributed by atoms with Crippen molar-refractivity contribution in [1.82, 2.24) is 14.7 Å². The highest BCUT2D eigenvalue weighted by Crippen LogP contribution is 2.27. The maximum atomic E-state index is 12.5. The van der Waals surface area contributed by atoms with Crippen molar-refractivity contribution in [3.63, 3.8) is 0 Å². The monoisotopic (exact) mass is 415 g/mol. The van der Waals surface area contributed by atoms with Crippen LogP contribution in [-0.2, 0) is 16.1 Å². The number of amides is 1. The van der Waals surface area contributed by atoms with Crippen molar-refractivity contribution in [3.8, 4) is 22.8 Å². The Labute approximate surface area is 176 Å². The van der Waals surface area contributed by atoms with Gasteiger partial charge in [0.05, 0.1) is 26.4 Å². The summed E-state index contributed by atoms with van der Waals surface area (Å²) in [6.07, 6.45) is 0.962. The molecule has 0 bridgehead atoms. The minimum absolute atomic E-state index is 0.0376. The van der Waals surface area contributed by atoms with Gasteiger partial charge in [-0.2, -0.15) is 5.10 Å². The lowest BCUT2D eigenvalue weighted by Gasteiger charge is -2.35. The number of hydrogen-bond acceptors (Lipinski definition) is 6. The van der Waals surface area contributed by atoms with Gasteiger partial charge in [-0.1, -0.05) is 0 Å². The quantitative estimate of drug-likeness (QED) is 0.690. The molecule has 2 atom stereocenters. The van der Waals surface area contributed by atoms with Gasteiger partial charge in [-0.3, -0.25) is 9.59 Å². The minimum Gasteiger partial charge on any atom is -0.497 e. The highest BCUT2D eigenvalue weighted by Gasteiger charge is 2.25. The highest BCUT2D eigenvalue weighted by molar-refractivity contribution is 5.76. The van der Waals surface area contributed by atoms with Gasteiger partial charge >= 0.3 is 0 Å². The van der Waals surface area contributed by atoms with Gasteiger partial charge in [0.2, 0.25) is 5.91 Å². The Hall–Kier alpha value is -2.87. The van der Waals surface area contributed by atoms with Gasteiger partial charge in [0.15, 0.2) is 5.75 Å². The Balaban J connectivity index is 1.70. The SMILES string of the molecule is COc1ccc(-c2nn(CCCC(=O)N3C[C@H](C)O[C@@H](C)C3)c(=O)cc2OC)cc1. The summed E-state index contributed by atoms with van der Waals surface area (Å²) in [5.41, 5.74) is 1.13. The maximum Gasteiger partial charge on any atom is 0.270 e. The van der Waals surface area contributed by atoms with Crippen molar-refractivity contribution in [3.05, 3.63) is 40.7 Å². The van der Waals surface area contributed by atoms with Crippen LogP contribution in [0.25, 0.3) is 11.3 Å². The Morgan fingerprint density at radius 3 is 2.40 bits per heavy atom. The van der Waals surface area contributed by atoms with Gasteiger partial charge in [0.1, 0.15) is 11.4 Å². The van der Waals surface area contributed by atoms with Crippen molar-refractivity contribution < 1.29 is 19.0 Å². The summed E-state index contributed by atoms with van der Waals surface area (Å²) >= 11 is 0. The van der Waals surface area contributed by atoms with Gasteiger partial charge < -0.3 is 19.1 Å². The molecule has 0 N–H and O–H groups in total. The van der Waals surface area contributed by atoms with Crippen LogP contribution in [0.2, 0.25) is 0 Å². The van der Waals surface area contributed by atoms with Gasteiger partial charge in [-0.25, -0.2) is 4.68 Å². The van der Waals surface area contributed by atoms with Crippen molar-refractivity contribution >= 4 is 5.91 Å². The third-order valence-corrected chi connectivity index (χ3v) is 5.08. The molecule has 1 saturated heterocycles. The summed E-state index contributed by atoms with van der Waals surface area (Å²) < 4.78 is 17.6. The standard InChI is InChI=1S/C22H29N3O5/c1-15-13-24(14-16(2)30-15)20(26)6-5-11-25-21(27)12-19(29-4)22(23-25)17-7-9-18(28-3)10-8-17/h7-10,12,15-16H,5-6,11,13-14H2,1-4H3/t15-,16-/m0/s1. The lowest BCUT2D eigenvalue weighted by atomic mass is 10.1. The molecule has 0 spiro atoms. The molecule has 8 heteroatoms. The molecular formula is C22H29N3O5. The second kappa shape index (κ2) is 9.75. The molecule has 2 aromatic rings. The van der Waals surface area contributed by atoms with Crippen LogP contribution in [0, 0.1) is 0 Å². The number of ether oxygens (including phenoxy) is 3. The predicted octanol–water partition coefficient (Wildman–Crippen LogP) is 2.34. The van der Waals surface area contributed by atoms with Crippen molar-refractivity contribution in [2.75, 3.05) is 27.3 Å². The summed E-state index contributed by atoms with van der Waals surface area (Å²) in [5.74, 6) is 1.22. The summed E-state index contributed by atoms with van der Waals surface area (Å²) in [6.45, 7) is 5.50. The lowest BCUT2D eigenvalue weighted by Crippen LogP contribution is -2.48. The number of methoxy groups -OCH3 is 2. The Morgan fingerprint density at radius 2 is 1.80 bits per heavy atom. The Kier molecular flexibility index (Phi) is 7.10. The third-order valence-electron chi connectivity index (χ3n) is 5.08. The Bertz CT molecular complexity index is 915. The van der Waals surface area contributed by atoms with Gasteiger partial charge in [0.25, 0.3) is 5.56 Å². The fraction of sp³-hybridized carbons (Fsp3) is 0.500. The van der Waals surface area contributed by atoms with Crippen LogP contribution in [0.3, 0.4) is 0 Å². The second-order valence-electron chi connectivity index (χ2n) is 7.51. The van der Waals surface area contributed by atoms with Crippen LogP contribution in [0.4, 0.5) is 0 Å². The van der Waals surface area contributed by atoms with E-state index in [2.05, 4.69) is 5.10 Å². The topological polar surface area (TPSA) is 82.9 Å². The van der Waals surface area contributed by atoms with E-state index in [4.69, 9.17) is 14.2 Å². The van der Waals surface area contributed by atoms with E-state index in [0.717, 1.165) is 11.3 Å². The van der Waals surface area contributed by atoms with E-state index in [1.165, 1.54) is 17.9 Å². The van der Waals surface area contributed by atoms with E-state index in [0.29, 0.717) is 43.9 Å². The van der Waals surface area contributed by atoms with Crippen molar-refractivity contribution in [2.45, 2.75) is 45.4 Å². The molecule has 0 unspecified atom stereocenters. The number of hydrogen-bond donors (Lipinski definition) is 0. The van der Waals surface area contributed by atoms with E-state index in [1.807, 2.05) is 43.0 Å².